The van der Waals surface area contributed by atoms with E-state index >= 15 is 0 Å². The Kier molecular flexibility index (Phi) is 9.66. The van der Waals surface area contributed by atoms with Crippen LogP contribution < -0.4 is 10.3 Å². The molecule has 0 radical (unpaired) electrons. The van der Waals surface area contributed by atoms with Crippen LogP contribution in [0.2, 0.25) is 10.0 Å². The molecule has 0 fully saturated rings. The predicted octanol–water partition coefficient (Wildman–Crippen LogP) is 6.45. The van der Waals surface area contributed by atoms with E-state index in [-0.39, 0.29) is 27.6 Å². The number of halogens is 7. The van der Waals surface area contributed by atoms with Gasteiger partial charge in [0.15, 0.2) is 34.7 Å². The standard InChI is InChI=1S/C14H7ClF2N4O.C7H6ClN3O.C7H2F3N/c1-21-6-19-12-8(15)4-11(20-14(12)21)22-13-9(16)2-7(5-18)3-10(13)17;1-11-3-9-6-4(8)2-5(12)10-7(6)11;8-5-1-4(3-11)2-6(9)7(5)10/h2-4,6H,1H3;2-3H,1H3,(H,10,12);1-2H. The Morgan fingerprint density at radius 3 is 1.87 bits per heavy atom. The highest BCUT2D eigenvalue weighted by Gasteiger charge is 2.17. The molecular weight excluding hydrogens is 646 g/mol. The van der Waals surface area contributed by atoms with Gasteiger partial charge in [0, 0.05) is 26.2 Å². The molecular formula is C28H15Cl2F5N8O2. The third-order valence-electron chi connectivity index (χ3n) is 5.71. The molecule has 0 spiro atoms. The van der Waals surface area contributed by atoms with E-state index in [0.29, 0.717) is 39.5 Å². The monoisotopic (exact) mass is 660 g/mol. The van der Waals surface area contributed by atoms with Gasteiger partial charge in [-0.15, -0.1) is 0 Å². The molecule has 0 saturated heterocycles. The van der Waals surface area contributed by atoms with E-state index in [4.69, 9.17) is 38.5 Å². The predicted molar refractivity (Wildman–Crippen MR) is 152 cm³/mol. The molecule has 0 aliphatic rings. The largest absolute Gasteiger partial charge is 0.433 e. The van der Waals surface area contributed by atoms with Gasteiger partial charge in [-0.05, 0) is 24.3 Å². The van der Waals surface area contributed by atoms with Crippen LogP contribution in [0, 0.1) is 51.7 Å². The summed E-state index contributed by atoms with van der Waals surface area (Å²) in [5.74, 6) is -6.97. The number of nitrogens with one attached hydrogen (secondary N) is 1. The molecule has 4 aromatic heterocycles. The molecule has 45 heavy (non-hydrogen) atoms. The summed E-state index contributed by atoms with van der Waals surface area (Å²) in [5.41, 5.74) is 1.55. The number of imidazole rings is 2. The smallest absolute Gasteiger partial charge is 0.251 e. The first-order valence-electron chi connectivity index (χ1n) is 12.1. The molecule has 1 N–H and O–H groups in total. The number of nitrogens with zero attached hydrogens (tertiary/aromatic N) is 7. The lowest BCUT2D eigenvalue weighted by atomic mass is 10.2. The minimum atomic E-state index is -1.55. The number of hydrogen-bond donors (Lipinski definition) is 1. The van der Waals surface area contributed by atoms with E-state index < -0.39 is 34.8 Å². The number of H-pyrrole nitrogens is 1. The number of rotatable bonds is 2. The number of aryl methyl sites for hydroxylation is 2. The Morgan fingerprint density at radius 1 is 0.778 bits per heavy atom. The van der Waals surface area contributed by atoms with Crippen molar-refractivity contribution < 1.29 is 26.7 Å². The summed E-state index contributed by atoms with van der Waals surface area (Å²) < 4.78 is 72.8. The highest BCUT2D eigenvalue weighted by atomic mass is 35.5. The first-order chi connectivity index (χ1) is 21.3. The summed E-state index contributed by atoms with van der Waals surface area (Å²) in [6, 6.07) is 8.80. The second kappa shape index (κ2) is 13.4. The van der Waals surface area contributed by atoms with Gasteiger partial charge in [-0.3, -0.25) is 4.79 Å². The number of ether oxygens (including phenoxy) is 1. The van der Waals surface area contributed by atoms with Crippen molar-refractivity contribution in [3.8, 4) is 23.8 Å². The molecule has 17 heteroatoms. The zero-order valence-corrected chi connectivity index (χ0v) is 24.2. The van der Waals surface area contributed by atoms with Crippen molar-refractivity contribution in [3.05, 3.63) is 110 Å². The first kappa shape index (κ1) is 32.4. The Hall–Kier alpha value is -5.51. The van der Waals surface area contributed by atoms with Gasteiger partial charge in [0.2, 0.25) is 11.6 Å². The van der Waals surface area contributed by atoms with Crippen LogP contribution in [0.15, 0.2) is 53.8 Å². The maximum Gasteiger partial charge on any atom is 0.251 e. The number of pyridine rings is 2. The van der Waals surface area contributed by atoms with Crippen molar-refractivity contribution in [3.63, 3.8) is 0 Å². The number of aromatic amines is 1. The Balaban J connectivity index is 0.000000169. The molecule has 0 amide bonds. The Bertz CT molecular complexity index is 2170. The van der Waals surface area contributed by atoms with Crippen LogP contribution in [0.1, 0.15) is 11.1 Å². The second-order valence-corrected chi connectivity index (χ2v) is 9.67. The number of fused-ring (bicyclic) bond motifs is 2. The van der Waals surface area contributed by atoms with Crippen LogP contribution in [0.3, 0.4) is 0 Å². The quantitative estimate of drug-likeness (QED) is 0.166. The summed E-state index contributed by atoms with van der Waals surface area (Å²) in [4.78, 5) is 25.8. The van der Waals surface area contributed by atoms with Crippen LogP contribution in [-0.4, -0.2) is 29.1 Å². The maximum atomic E-state index is 13.8. The van der Waals surface area contributed by atoms with Gasteiger partial charge in [-0.25, -0.2) is 31.9 Å². The van der Waals surface area contributed by atoms with Crippen LogP contribution in [0.5, 0.6) is 11.6 Å². The Labute approximate surface area is 259 Å². The van der Waals surface area contributed by atoms with Gasteiger partial charge in [-0.1, -0.05) is 23.2 Å². The average molecular weight is 661 g/mol. The third kappa shape index (κ3) is 7.18. The molecule has 10 nitrogen and oxygen atoms in total. The fraction of sp³-hybridized carbons (Fsp3) is 0.0714. The zero-order valence-electron chi connectivity index (χ0n) is 22.7. The fourth-order valence-electron chi connectivity index (χ4n) is 3.63. The van der Waals surface area contributed by atoms with E-state index in [0.717, 1.165) is 12.1 Å². The molecule has 0 aliphatic carbocycles. The summed E-state index contributed by atoms with van der Waals surface area (Å²) in [6.45, 7) is 0. The van der Waals surface area contributed by atoms with E-state index in [1.165, 1.54) is 24.5 Å². The molecule has 0 atom stereocenters. The van der Waals surface area contributed by atoms with Gasteiger partial charge in [-0.2, -0.15) is 15.5 Å². The normalized spacial score (nSPS) is 10.4. The van der Waals surface area contributed by atoms with Crippen molar-refractivity contribution in [1.29, 1.82) is 10.5 Å². The highest BCUT2D eigenvalue weighted by Crippen LogP contribution is 2.31. The highest BCUT2D eigenvalue weighted by molar-refractivity contribution is 6.35. The Morgan fingerprint density at radius 2 is 1.29 bits per heavy atom. The van der Waals surface area contributed by atoms with E-state index in [1.807, 2.05) is 0 Å². The van der Waals surface area contributed by atoms with Crippen LogP contribution in [0.4, 0.5) is 22.0 Å². The lowest BCUT2D eigenvalue weighted by Crippen LogP contribution is -2.05. The van der Waals surface area contributed by atoms with Crippen molar-refractivity contribution in [2.24, 2.45) is 14.1 Å². The van der Waals surface area contributed by atoms with Crippen molar-refractivity contribution in [1.82, 2.24) is 29.1 Å². The first-order valence-corrected chi connectivity index (χ1v) is 12.9. The molecule has 6 rings (SSSR count). The van der Waals surface area contributed by atoms with Gasteiger partial charge in [0.05, 0.1) is 46.0 Å². The maximum absolute atomic E-state index is 13.8. The van der Waals surface area contributed by atoms with Crippen molar-refractivity contribution in [2.45, 2.75) is 0 Å². The molecule has 0 bridgehead atoms. The SMILES string of the molecule is Cn1cnc2c(Cl)cc(=O)[nH]c21.Cn1cnc2c(Cl)cc(Oc3c(F)cc(C#N)cc3F)nc21.N#Cc1cc(F)c(F)c(F)c1. The fourth-order valence-corrected chi connectivity index (χ4v) is 4.09. The number of aromatic nitrogens is 6. The molecule has 0 unspecified atom stereocenters. The topological polar surface area (TPSA) is 138 Å². The summed E-state index contributed by atoms with van der Waals surface area (Å²) >= 11 is 11.8. The van der Waals surface area contributed by atoms with Gasteiger partial charge in [0.25, 0.3) is 5.56 Å². The molecule has 228 valence electrons. The minimum absolute atomic E-state index is 0.0800. The lowest BCUT2D eigenvalue weighted by Gasteiger charge is -2.08. The van der Waals surface area contributed by atoms with Gasteiger partial charge >= 0.3 is 0 Å². The van der Waals surface area contributed by atoms with Crippen molar-refractivity contribution >= 4 is 45.5 Å². The molecule has 4 heterocycles. The molecule has 2 aromatic carbocycles. The average Bonchev–Trinajstić information content (AvgIpc) is 3.56. The summed E-state index contributed by atoms with van der Waals surface area (Å²) in [7, 11) is 3.49. The van der Waals surface area contributed by atoms with E-state index in [2.05, 4.69) is 19.9 Å². The van der Waals surface area contributed by atoms with Gasteiger partial charge in [0.1, 0.15) is 16.7 Å². The summed E-state index contributed by atoms with van der Waals surface area (Å²) in [6.07, 6.45) is 3.11. The van der Waals surface area contributed by atoms with Gasteiger partial charge < -0.3 is 18.9 Å². The van der Waals surface area contributed by atoms with Crippen LogP contribution in [-0.2, 0) is 14.1 Å². The second-order valence-electron chi connectivity index (χ2n) is 8.85. The molecule has 0 aliphatic heterocycles. The third-order valence-corrected chi connectivity index (χ3v) is 6.28. The minimum Gasteiger partial charge on any atom is -0.433 e. The lowest BCUT2D eigenvalue weighted by molar-refractivity contribution is 0.396. The zero-order chi connectivity index (χ0) is 33.0. The molecule has 0 saturated carbocycles. The van der Waals surface area contributed by atoms with E-state index in [1.54, 1.807) is 35.6 Å². The molecule has 6 aromatic rings. The number of nitriles is 2. The number of hydrogen-bond acceptors (Lipinski definition) is 7. The van der Waals surface area contributed by atoms with Crippen molar-refractivity contribution in [2.75, 3.05) is 0 Å². The van der Waals surface area contributed by atoms with E-state index in [9.17, 15) is 26.7 Å². The van der Waals surface area contributed by atoms with Crippen LogP contribution >= 0.6 is 23.2 Å². The number of benzene rings is 2. The van der Waals surface area contributed by atoms with Crippen LogP contribution in [0.25, 0.3) is 22.3 Å². The summed E-state index contributed by atoms with van der Waals surface area (Å²) in [5, 5.41) is 17.5.